The molecule has 1 aromatic heterocycles. The van der Waals surface area contributed by atoms with E-state index >= 15 is 0 Å². The van der Waals surface area contributed by atoms with Crippen LogP contribution in [0, 0.1) is 17.1 Å². The van der Waals surface area contributed by atoms with Gasteiger partial charge in [-0.05, 0) is 48.4 Å². The van der Waals surface area contributed by atoms with Gasteiger partial charge in [-0.3, -0.25) is 14.6 Å². The van der Waals surface area contributed by atoms with Gasteiger partial charge in [-0.25, -0.2) is 4.39 Å². The van der Waals surface area contributed by atoms with Crippen molar-refractivity contribution in [2.75, 3.05) is 11.9 Å². The zero-order chi connectivity index (χ0) is 20.6. The number of nitrogens with one attached hydrogen (secondary N) is 2. The Hall–Kier alpha value is -4.05. The molecule has 144 valence electrons. The van der Waals surface area contributed by atoms with Crippen molar-refractivity contribution in [2.45, 2.75) is 6.42 Å². The molecular formula is C22H17FN4O2. The second kappa shape index (κ2) is 9.24. The van der Waals surface area contributed by atoms with E-state index in [1.165, 1.54) is 30.5 Å². The van der Waals surface area contributed by atoms with Crippen molar-refractivity contribution in [3.8, 4) is 6.07 Å². The largest absolute Gasteiger partial charge is 0.352 e. The highest BCUT2D eigenvalue weighted by atomic mass is 19.1. The topological polar surface area (TPSA) is 94.9 Å². The molecule has 3 rings (SSSR count). The second-order valence-electron chi connectivity index (χ2n) is 6.17. The Morgan fingerprint density at radius 2 is 1.79 bits per heavy atom. The number of para-hydroxylation sites is 1. The van der Waals surface area contributed by atoms with E-state index in [2.05, 4.69) is 15.6 Å². The standard InChI is InChI=1S/C22H17FN4O2/c23-18-7-5-15(6-8-18)9-11-26-21(28)16-10-12-25-20(13-16)22(29)27-19-4-2-1-3-17(19)14-24/h1-8,10,12-13H,9,11H2,(H,26,28)(H,27,29). The number of pyridine rings is 1. The maximum Gasteiger partial charge on any atom is 0.274 e. The molecule has 0 saturated heterocycles. The number of halogens is 1. The summed E-state index contributed by atoms with van der Waals surface area (Å²) in [5.41, 5.74) is 1.95. The Labute approximate surface area is 167 Å². The van der Waals surface area contributed by atoms with Gasteiger partial charge in [0.2, 0.25) is 0 Å². The van der Waals surface area contributed by atoms with Gasteiger partial charge in [-0.2, -0.15) is 5.26 Å². The average molecular weight is 388 g/mol. The molecule has 0 saturated carbocycles. The third-order valence-corrected chi connectivity index (χ3v) is 4.16. The highest BCUT2D eigenvalue weighted by Gasteiger charge is 2.13. The van der Waals surface area contributed by atoms with Crippen LogP contribution in [-0.4, -0.2) is 23.3 Å². The molecule has 2 N–H and O–H groups in total. The number of hydrogen-bond donors (Lipinski definition) is 2. The van der Waals surface area contributed by atoms with Crippen molar-refractivity contribution < 1.29 is 14.0 Å². The highest BCUT2D eigenvalue weighted by Crippen LogP contribution is 2.15. The molecule has 0 unspecified atom stereocenters. The van der Waals surface area contributed by atoms with Crippen molar-refractivity contribution in [3.05, 3.63) is 95.1 Å². The Morgan fingerprint density at radius 3 is 2.55 bits per heavy atom. The van der Waals surface area contributed by atoms with E-state index in [-0.39, 0.29) is 23.0 Å². The van der Waals surface area contributed by atoms with E-state index in [1.807, 2.05) is 6.07 Å². The van der Waals surface area contributed by atoms with Gasteiger partial charge in [0.25, 0.3) is 11.8 Å². The first kappa shape index (κ1) is 19.7. The van der Waals surface area contributed by atoms with Crippen LogP contribution in [0.5, 0.6) is 0 Å². The van der Waals surface area contributed by atoms with Crippen LogP contribution in [0.15, 0.2) is 66.9 Å². The smallest absolute Gasteiger partial charge is 0.274 e. The molecule has 0 spiro atoms. The molecule has 2 amide bonds. The van der Waals surface area contributed by atoms with Crippen LogP contribution in [0.4, 0.5) is 10.1 Å². The molecule has 0 aliphatic rings. The zero-order valence-electron chi connectivity index (χ0n) is 15.4. The molecule has 6 nitrogen and oxygen atoms in total. The fourth-order valence-electron chi connectivity index (χ4n) is 2.65. The van der Waals surface area contributed by atoms with Crippen LogP contribution in [0.2, 0.25) is 0 Å². The summed E-state index contributed by atoms with van der Waals surface area (Å²) in [6.45, 7) is 0.365. The van der Waals surface area contributed by atoms with Gasteiger partial charge in [-0.15, -0.1) is 0 Å². The number of rotatable bonds is 6. The fourth-order valence-corrected chi connectivity index (χ4v) is 2.65. The van der Waals surface area contributed by atoms with Crippen LogP contribution in [0.3, 0.4) is 0 Å². The Bertz CT molecular complexity index is 1070. The number of amides is 2. The summed E-state index contributed by atoms with van der Waals surface area (Å²) in [5.74, 6) is -1.17. The van der Waals surface area contributed by atoms with Gasteiger partial charge in [0.1, 0.15) is 17.6 Å². The van der Waals surface area contributed by atoms with Gasteiger partial charge in [0.05, 0.1) is 11.3 Å². The van der Waals surface area contributed by atoms with Crippen LogP contribution in [0.25, 0.3) is 0 Å². The fraction of sp³-hybridized carbons (Fsp3) is 0.0909. The normalized spacial score (nSPS) is 10.1. The number of carbonyl (C=O) groups is 2. The van der Waals surface area contributed by atoms with Gasteiger partial charge in [0, 0.05) is 18.3 Å². The summed E-state index contributed by atoms with van der Waals surface area (Å²) in [6.07, 6.45) is 1.93. The summed E-state index contributed by atoms with van der Waals surface area (Å²) in [4.78, 5) is 28.8. The first-order valence-corrected chi connectivity index (χ1v) is 8.86. The SMILES string of the molecule is N#Cc1ccccc1NC(=O)c1cc(C(=O)NCCc2ccc(F)cc2)ccn1. The maximum atomic E-state index is 12.9. The highest BCUT2D eigenvalue weighted by molar-refractivity contribution is 6.05. The first-order chi connectivity index (χ1) is 14.1. The Morgan fingerprint density at radius 1 is 1.03 bits per heavy atom. The molecule has 0 aliphatic heterocycles. The lowest BCUT2D eigenvalue weighted by Gasteiger charge is -2.08. The predicted molar refractivity (Wildman–Crippen MR) is 106 cm³/mol. The molecule has 0 fully saturated rings. The van der Waals surface area contributed by atoms with Crippen LogP contribution < -0.4 is 10.6 Å². The number of aromatic nitrogens is 1. The summed E-state index contributed by atoms with van der Waals surface area (Å²) in [6, 6.07) is 17.6. The Kier molecular flexibility index (Phi) is 6.28. The number of anilines is 1. The molecule has 7 heteroatoms. The van der Waals surface area contributed by atoms with Crippen LogP contribution in [-0.2, 0) is 6.42 Å². The number of nitrogens with zero attached hydrogens (tertiary/aromatic N) is 2. The second-order valence-corrected chi connectivity index (χ2v) is 6.17. The van der Waals surface area contributed by atoms with Gasteiger partial charge < -0.3 is 10.6 Å². The first-order valence-electron chi connectivity index (χ1n) is 8.86. The van der Waals surface area contributed by atoms with Crippen molar-refractivity contribution in [3.63, 3.8) is 0 Å². The minimum Gasteiger partial charge on any atom is -0.352 e. The molecule has 0 radical (unpaired) electrons. The molecule has 29 heavy (non-hydrogen) atoms. The third-order valence-electron chi connectivity index (χ3n) is 4.16. The van der Waals surface area contributed by atoms with Crippen molar-refractivity contribution in [1.82, 2.24) is 10.3 Å². The lowest BCUT2D eigenvalue weighted by atomic mass is 10.1. The van der Waals surface area contributed by atoms with Crippen molar-refractivity contribution >= 4 is 17.5 Å². The average Bonchev–Trinajstić information content (AvgIpc) is 2.75. The van der Waals surface area contributed by atoms with Gasteiger partial charge in [-0.1, -0.05) is 24.3 Å². The van der Waals surface area contributed by atoms with Crippen LogP contribution >= 0.6 is 0 Å². The predicted octanol–water partition coefficient (Wildman–Crippen LogP) is 3.32. The lowest BCUT2D eigenvalue weighted by Crippen LogP contribution is -2.26. The van der Waals surface area contributed by atoms with E-state index in [0.29, 0.717) is 24.2 Å². The van der Waals surface area contributed by atoms with E-state index < -0.39 is 5.91 Å². The quantitative estimate of drug-likeness (QED) is 0.677. The molecule has 0 atom stereocenters. The van der Waals surface area contributed by atoms with E-state index in [9.17, 15) is 14.0 Å². The van der Waals surface area contributed by atoms with E-state index in [1.54, 1.807) is 36.4 Å². The van der Waals surface area contributed by atoms with Gasteiger partial charge in [0.15, 0.2) is 0 Å². The lowest BCUT2D eigenvalue weighted by molar-refractivity contribution is 0.0954. The van der Waals surface area contributed by atoms with E-state index in [0.717, 1.165) is 5.56 Å². The minimum absolute atomic E-state index is 0.0592. The monoisotopic (exact) mass is 388 g/mol. The summed E-state index contributed by atoms with van der Waals surface area (Å²) in [5, 5.41) is 14.5. The molecule has 0 aliphatic carbocycles. The van der Waals surface area contributed by atoms with Crippen molar-refractivity contribution in [2.24, 2.45) is 0 Å². The summed E-state index contributed by atoms with van der Waals surface area (Å²) < 4.78 is 12.9. The summed E-state index contributed by atoms with van der Waals surface area (Å²) in [7, 11) is 0. The minimum atomic E-state index is -0.520. The molecule has 2 aromatic carbocycles. The number of carbonyl (C=O) groups excluding carboxylic acids is 2. The number of hydrogen-bond acceptors (Lipinski definition) is 4. The maximum absolute atomic E-state index is 12.9. The third kappa shape index (κ3) is 5.23. The number of benzene rings is 2. The molecule has 1 heterocycles. The van der Waals surface area contributed by atoms with Crippen molar-refractivity contribution in [1.29, 1.82) is 5.26 Å². The zero-order valence-corrected chi connectivity index (χ0v) is 15.4. The Balaban J connectivity index is 1.62. The van der Waals surface area contributed by atoms with E-state index in [4.69, 9.17) is 5.26 Å². The van der Waals surface area contributed by atoms with Gasteiger partial charge >= 0.3 is 0 Å². The molecule has 0 bridgehead atoms. The van der Waals surface area contributed by atoms with Crippen LogP contribution in [0.1, 0.15) is 32.0 Å². The summed E-state index contributed by atoms with van der Waals surface area (Å²) >= 11 is 0. The number of nitriles is 1. The molecule has 3 aromatic rings. The molecular weight excluding hydrogens is 371 g/mol.